The Morgan fingerprint density at radius 2 is 1.89 bits per heavy atom. The molecule has 0 saturated heterocycles. The predicted molar refractivity (Wildman–Crippen MR) is 78.0 cm³/mol. The summed E-state index contributed by atoms with van der Waals surface area (Å²) in [4.78, 5) is 0. The van der Waals surface area contributed by atoms with Gasteiger partial charge in [0.25, 0.3) is 0 Å². The molecule has 2 nitrogen and oxygen atoms in total. The molecule has 0 amide bonds. The van der Waals surface area contributed by atoms with Gasteiger partial charge in [0, 0.05) is 10.9 Å². The van der Waals surface area contributed by atoms with Crippen molar-refractivity contribution < 1.29 is 9.84 Å². The summed E-state index contributed by atoms with van der Waals surface area (Å²) in [6.07, 6.45) is 0.779. The zero-order valence-corrected chi connectivity index (χ0v) is 11.6. The Labute approximate surface area is 118 Å². The fraction of sp³-hybridized carbons (Fsp3) is 0.250. The number of aliphatic hydroxyl groups excluding tert-OH is 1. The van der Waals surface area contributed by atoms with E-state index in [9.17, 15) is 5.11 Å². The first-order valence-electron chi connectivity index (χ1n) is 6.22. The maximum Gasteiger partial charge on any atom is 0.118 e. The largest absolute Gasteiger partial charge is 0.497 e. The van der Waals surface area contributed by atoms with Gasteiger partial charge in [-0.2, -0.15) is 0 Å². The van der Waals surface area contributed by atoms with E-state index in [1.54, 1.807) is 7.11 Å². The molecule has 2 aromatic carbocycles. The Bertz CT molecular complexity index is 523. The fourth-order valence-electron chi connectivity index (χ4n) is 2.09. The van der Waals surface area contributed by atoms with Crippen molar-refractivity contribution in [1.29, 1.82) is 0 Å². The minimum atomic E-state index is 0.0621. The van der Waals surface area contributed by atoms with Crippen molar-refractivity contribution in [3.63, 3.8) is 0 Å². The van der Waals surface area contributed by atoms with Crippen molar-refractivity contribution in [2.75, 3.05) is 13.7 Å². The molecule has 0 bridgehead atoms. The van der Waals surface area contributed by atoms with Gasteiger partial charge in [0.2, 0.25) is 0 Å². The normalized spacial score (nSPS) is 12.2. The first-order chi connectivity index (χ1) is 9.22. The van der Waals surface area contributed by atoms with Gasteiger partial charge >= 0.3 is 0 Å². The van der Waals surface area contributed by atoms with E-state index in [2.05, 4.69) is 0 Å². The standard InChI is InChI=1S/C16H17ClO2/c1-19-16-7-5-12(6-8-16)9-14(11-18)13-3-2-4-15(17)10-13/h2-8,10,14,18H,9,11H2,1H3. The zero-order chi connectivity index (χ0) is 13.7. The van der Waals surface area contributed by atoms with Gasteiger partial charge in [0.15, 0.2) is 0 Å². The highest BCUT2D eigenvalue weighted by molar-refractivity contribution is 6.30. The molecule has 0 heterocycles. The quantitative estimate of drug-likeness (QED) is 0.903. The van der Waals surface area contributed by atoms with Crippen LogP contribution in [0, 0.1) is 0 Å². The molecule has 0 spiro atoms. The van der Waals surface area contributed by atoms with Crippen molar-refractivity contribution in [3.8, 4) is 5.75 Å². The molecule has 0 radical (unpaired) electrons. The number of benzene rings is 2. The summed E-state index contributed by atoms with van der Waals surface area (Å²) in [5, 5.41) is 10.3. The van der Waals surface area contributed by atoms with Crippen LogP contribution in [0.5, 0.6) is 5.75 Å². The van der Waals surface area contributed by atoms with Crippen LogP contribution in [0.1, 0.15) is 17.0 Å². The summed E-state index contributed by atoms with van der Waals surface area (Å²) in [7, 11) is 1.65. The van der Waals surface area contributed by atoms with Crippen molar-refractivity contribution in [1.82, 2.24) is 0 Å². The lowest BCUT2D eigenvalue weighted by atomic mass is 9.93. The molecule has 2 aromatic rings. The molecular weight excluding hydrogens is 260 g/mol. The second-order valence-electron chi connectivity index (χ2n) is 4.49. The van der Waals surface area contributed by atoms with E-state index in [0.717, 1.165) is 17.7 Å². The van der Waals surface area contributed by atoms with Crippen molar-refractivity contribution in [2.45, 2.75) is 12.3 Å². The first kappa shape index (κ1) is 13.9. The Morgan fingerprint density at radius 3 is 2.47 bits per heavy atom. The van der Waals surface area contributed by atoms with Crippen LogP contribution in [-0.4, -0.2) is 18.8 Å². The smallest absolute Gasteiger partial charge is 0.118 e. The van der Waals surface area contributed by atoms with E-state index >= 15 is 0 Å². The third-order valence-corrected chi connectivity index (χ3v) is 3.42. The van der Waals surface area contributed by atoms with Crippen LogP contribution in [0.3, 0.4) is 0 Å². The van der Waals surface area contributed by atoms with Crippen LogP contribution in [0.25, 0.3) is 0 Å². The molecule has 0 aliphatic heterocycles. The SMILES string of the molecule is COc1ccc(CC(CO)c2cccc(Cl)c2)cc1. The molecule has 1 N–H and O–H groups in total. The number of aliphatic hydroxyl groups is 1. The molecule has 0 aliphatic rings. The minimum Gasteiger partial charge on any atom is -0.497 e. The molecular formula is C16H17ClO2. The van der Waals surface area contributed by atoms with Crippen LogP contribution in [0.2, 0.25) is 5.02 Å². The van der Waals surface area contributed by atoms with Gasteiger partial charge in [0.1, 0.15) is 5.75 Å². The summed E-state index contributed by atoms with van der Waals surface area (Å²) < 4.78 is 5.13. The van der Waals surface area contributed by atoms with E-state index in [-0.39, 0.29) is 12.5 Å². The average molecular weight is 277 g/mol. The Hall–Kier alpha value is -1.51. The van der Waals surface area contributed by atoms with Gasteiger partial charge in [-0.05, 0) is 41.8 Å². The Balaban J connectivity index is 2.14. The fourth-order valence-corrected chi connectivity index (χ4v) is 2.29. The second kappa shape index (κ2) is 6.60. The summed E-state index contributed by atoms with van der Waals surface area (Å²) in [6, 6.07) is 15.6. The van der Waals surface area contributed by atoms with Gasteiger partial charge in [-0.25, -0.2) is 0 Å². The Morgan fingerprint density at radius 1 is 1.16 bits per heavy atom. The highest BCUT2D eigenvalue weighted by atomic mass is 35.5. The van der Waals surface area contributed by atoms with Gasteiger partial charge in [-0.1, -0.05) is 35.9 Å². The number of hydrogen-bond donors (Lipinski definition) is 1. The molecule has 2 rings (SSSR count). The Kier molecular flexibility index (Phi) is 4.83. The molecule has 0 aromatic heterocycles. The molecule has 100 valence electrons. The molecule has 19 heavy (non-hydrogen) atoms. The third kappa shape index (κ3) is 3.72. The van der Waals surface area contributed by atoms with Crippen LogP contribution in [-0.2, 0) is 6.42 Å². The first-order valence-corrected chi connectivity index (χ1v) is 6.60. The van der Waals surface area contributed by atoms with E-state index in [0.29, 0.717) is 5.02 Å². The molecule has 0 saturated carbocycles. The summed E-state index contributed by atoms with van der Waals surface area (Å²) in [5.41, 5.74) is 2.23. The summed E-state index contributed by atoms with van der Waals surface area (Å²) >= 11 is 5.99. The summed E-state index contributed by atoms with van der Waals surface area (Å²) in [5.74, 6) is 0.902. The molecule has 0 fully saturated rings. The number of ether oxygens (including phenoxy) is 1. The van der Waals surface area contributed by atoms with Crippen LogP contribution in [0.15, 0.2) is 48.5 Å². The minimum absolute atomic E-state index is 0.0621. The van der Waals surface area contributed by atoms with Crippen LogP contribution in [0.4, 0.5) is 0 Å². The summed E-state index contributed by atoms with van der Waals surface area (Å²) in [6.45, 7) is 0.104. The lowest BCUT2D eigenvalue weighted by Crippen LogP contribution is -2.07. The average Bonchev–Trinajstić information content (AvgIpc) is 2.45. The molecule has 1 atom stereocenters. The van der Waals surface area contributed by atoms with Crippen LogP contribution >= 0.6 is 11.6 Å². The molecule has 0 aliphatic carbocycles. The third-order valence-electron chi connectivity index (χ3n) is 3.18. The van der Waals surface area contributed by atoms with Gasteiger partial charge < -0.3 is 9.84 Å². The topological polar surface area (TPSA) is 29.5 Å². The van der Waals surface area contributed by atoms with E-state index in [1.807, 2.05) is 48.5 Å². The van der Waals surface area contributed by atoms with E-state index in [4.69, 9.17) is 16.3 Å². The zero-order valence-electron chi connectivity index (χ0n) is 10.8. The predicted octanol–water partition coefficient (Wildman–Crippen LogP) is 3.67. The maximum atomic E-state index is 9.56. The monoisotopic (exact) mass is 276 g/mol. The number of rotatable bonds is 5. The van der Waals surface area contributed by atoms with Crippen molar-refractivity contribution >= 4 is 11.6 Å². The van der Waals surface area contributed by atoms with Crippen molar-refractivity contribution in [2.24, 2.45) is 0 Å². The van der Waals surface area contributed by atoms with E-state index in [1.165, 1.54) is 5.56 Å². The molecule has 3 heteroatoms. The highest BCUT2D eigenvalue weighted by Gasteiger charge is 2.11. The lowest BCUT2D eigenvalue weighted by molar-refractivity contribution is 0.264. The highest BCUT2D eigenvalue weighted by Crippen LogP contribution is 2.24. The van der Waals surface area contributed by atoms with Crippen LogP contribution < -0.4 is 4.74 Å². The van der Waals surface area contributed by atoms with Gasteiger partial charge in [-0.15, -0.1) is 0 Å². The lowest BCUT2D eigenvalue weighted by Gasteiger charge is -2.15. The molecule has 1 unspecified atom stereocenters. The maximum absolute atomic E-state index is 9.56. The van der Waals surface area contributed by atoms with Crippen molar-refractivity contribution in [3.05, 3.63) is 64.7 Å². The van der Waals surface area contributed by atoms with Gasteiger partial charge in [-0.3, -0.25) is 0 Å². The number of hydrogen-bond acceptors (Lipinski definition) is 2. The number of halogens is 1. The van der Waals surface area contributed by atoms with E-state index < -0.39 is 0 Å². The number of methoxy groups -OCH3 is 1. The van der Waals surface area contributed by atoms with Gasteiger partial charge in [0.05, 0.1) is 13.7 Å². The second-order valence-corrected chi connectivity index (χ2v) is 4.92.